The van der Waals surface area contributed by atoms with Gasteiger partial charge in [-0.2, -0.15) is 8.42 Å². The first-order valence-electron chi connectivity index (χ1n) is 13.4. The van der Waals surface area contributed by atoms with Crippen LogP contribution in [-0.2, 0) is 10.0 Å². The number of nitrogens with one attached hydrogen (secondary N) is 1. The number of rotatable bonds is 8. The van der Waals surface area contributed by atoms with Gasteiger partial charge in [0.1, 0.15) is 11.6 Å². The fourth-order valence-electron chi connectivity index (χ4n) is 4.95. The molecule has 1 aliphatic heterocycles. The standard InChI is InChI=1S/C30H32N6O4S/c1-19(2)40-27-15-12-22(17-32-27)25-14-13-24(30(37)35-41(38,39)28-11-7-10-26(31)34-28)29(33-25)36-18-23(16-20(36)3)21-8-5-4-6-9-21/h4-15,17,19-20,23H,16,18H2,1-3H3,(H2,31,34)(H,35,37)/t20?,23-/m0/s1. The summed E-state index contributed by atoms with van der Waals surface area (Å²) in [5.41, 5.74) is 8.33. The van der Waals surface area contributed by atoms with Gasteiger partial charge in [0.25, 0.3) is 15.9 Å². The third-order valence-electron chi connectivity index (χ3n) is 6.87. The van der Waals surface area contributed by atoms with Crippen LogP contribution in [0.2, 0.25) is 0 Å². The maximum atomic E-state index is 13.5. The molecule has 1 fully saturated rings. The Labute approximate surface area is 239 Å². The van der Waals surface area contributed by atoms with Crippen LogP contribution in [-0.4, -0.2) is 48.0 Å². The van der Waals surface area contributed by atoms with E-state index in [0.29, 0.717) is 23.9 Å². The van der Waals surface area contributed by atoms with Gasteiger partial charge in [0.2, 0.25) is 5.88 Å². The van der Waals surface area contributed by atoms with Gasteiger partial charge in [-0.05, 0) is 63.1 Å². The van der Waals surface area contributed by atoms with Crippen LogP contribution in [0.5, 0.6) is 5.88 Å². The Kier molecular flexibility index (Phi) is 7.89. The summed E-state index contributed by atoms with van der Waals surface area (Å²) in [6.45, 7) is 6.54. The zero-order valence-electron chi connectivity index (χ0n) is 23.1. The van der Waals surface area contributed by atoms with Gasteiger partial charge in [0, 0.05) is 36.3 Å². The molecule has 1 aromatic carbocycles. The van der Waals surface area contributed by atoms with Gasteiger partial charge >= 0.3 is 0 Å². The molecule has 3 N–H and O–H groups in total. The summed E-state index contributed by atoms with van der Waals surface area (Å²) in [5.74, 6) is 0.339. The molecule has 212 valence electrons. The molecule has 3 aromatic heterocycles. The number of ether oxygens (including phenoxy) is 1. The Balaban J connectivity index is 1.51. The minimum Gasteiger partial charge on any atom is -0.475 e. The van der Waals surface area contributed by atoms with Crippen LogP contribution < -0.4 is 20.1 Å². The molecule has 41 heavy (non-hydrogen) atoms. The largest absolute Gasteiger partial charge is 0.475 e. The first-order chi connectivity index (χ1) is 19.6. The molecule has 11 heteroatoms. The normalized spacial score (nSPS) is 17.0. The molecule has 0 saturated carbocycles. The predicted molar refractivity (Wildman–Crippen MR) is 157 cm³/mol. The van der Waals surface area contributed by atoms with E-state index in [4.69, 9.17) is 15.5 Å². The molecule has 0 aliphatic carbocycles. The predicted octanol–water partition coefficient (Wildman–Crippen LogP) is 4.41. The van der Waals surface area contributed by atoms with E-state index in [1.54, 1.807) is 24.4 Å². The Hall–Kier alpha value is -4.51. The summed E-state index contributed by atoms with van der Waals surface area (Å²) in [4.78, 5) is 28.7. The lowest BCUT2D eigenvalue weighted by molar-refractivity contribution is 0.0981. The van der Waals surface area contributed by atoms with Crippen molar-refractivity contribution in [3.05, 3.63) is 90.1 Å². The number of amides is 1. The zero-order chi connectivity index (χ0) is 29.1. The molecule has 4 heterocycles. The highest BCUT2D eigenvalue weighted by Crippen LogP contribution is 2.36. The van der Waals surface area contributed by atoms with Crippen LogP contribution in [0.1, 0.15) is 49.0 Å². The molecular formula is C30H32N6O4S. The van der Waals surface area contributed by atoms with Gasteiger partial charge in [0.05, 0.1) is 17.4 Å². The van der Waals surface area contributed by atoms with Crippen molar-refractivity contribution in [1.82, 2.24) is 19.7 Å². The number of anilines is 2. The van der Waals surface area contributed by atoms with E-state index in [2.05, 4.69) is 38.6 Å². The van der Waals surface area contributed by atoms with Crippen molar-refractivity contribution in [3.63, 3.8) is 0 Å². The van der Waals surface area contributed by atoms with Crippen LogP contribution in [0.15, 0.2) is 84.0 Å². The molecule has 0 radical (unpaired) electrons. The van der Waals surface area contributed by atoms with Crippen LogP contribution in [0.25, 0.3) is 11.3 Å². The number of pyridine rings is 3. The van der Waals surface area contributed by atoms with E-state index < -0.39 is 15.9 Å². The Morgan fingerprint density at radius 2 is 1.80 bits per heavy atom. The summed E-state index contributed by atoms with van der Waals surface area (Å²) >= 11 is 0. The fourth-order valence-corrected chi connectivity index (χ4v) is 5.89. The molecular weight excluding hydrogens is 540 g/mol. The van der Waals surface area contributed by atoms with Gasteiger partial charge in [0.15, 0.2) is 5.03 Å². The maximum Gasteiger partial charge on any atom is 0.281 e. The quantitative estimate of drug-likeness (QED) is 0.314. The van der Waals surface area contributed by atoms with Crippen molar-refractivity contribution in [2.45, 2.75) is 50.3 Å². The smallest absolute Gasteiger partial charge is 0.281 e. The van der Waals surface area contributed by atoms with E-state index in [1.807, 2.05) is 38.1 Å². The summed E-state index contributed by atoms with van der Waals surface area (Å²) < 4.78 is 33.8. The highest BCUT2D eigenvalue weighted by molar-refractivity contribution is 7.90. The highest BCUT2D eigenvalue weighted by atomic mass is 32.2. The van der Waals surface area contributed by atoms with Gasteiger partial charge in [-0.1, -0.05) is 36.4 Å². The second-order valence-corrected chi connectivity index (χ2v) is 11.9. The van der Waals surface area contributed by atoms with Crippen molar-refractivity contribution in [3.8, 4) is 17.1 Å². The maximum absolute atomic E-state index is 13.5. The average molecular weight is 573 g/mol. The SMILES string of the molecule is CC(C)Oc1ccc(-c2ccc(C(=O)NS(=O)(=O)c3cccc(N)n3)c(N3C[C@@H](c4ccccc4)CC3C)n2)cn1. The number of hydrogen-bond donors (Lipinski definition) is 2. The molecule has 1 aliphatic rings. The number of nitrogens with zero attached hydrogens (tertiary/aromatic N) is 4. The third-order valence-corrected chi connectivity index (χ3v) is 8.11. The minimum absolute atomic E-state index is 0.0103. The summed E-state index contributed by atoms with van der Waals surface area (Å²) in [6, 6.07) is 21.3. The molecule has 1 amide bonds. The Morgan fingerprint density at radius 3 is 2.49 bits per heavy atom. The number of carbonyl (C=O) groups excluding carboxylic acids is 1. The van der Waals surface area contributed by atoms with Crippen LogP contribution in [0, 0.1) is 0 Å². The molecule has 4 aromatic rings. The lowest BCUT2D eigenvalue weighted by Crippen LogP contribution is -2.35. The van der Waals surface area contributed by atoms with E-state index in [1.165, 1.54) is 23.8 Å². The lowest BCUT2D eigenvalue weighted by atomic mass is 9.97. The zero-order valence-corrected chi connectivity index (χ0v) is 23.9. The Morgan fingerprint density at radius 1 is 1.02 bits per heavy atom. The van der Waals surface area contributed by atoms with E-state index >= 15 is 0 Å². The van der Waals surface area contributed by atoms with Crippen molar-refractivity contribution >= 4 is 27.6 Å². The molecule has 2 atom stereocenters. The van der Waals surface area contributed by atoms with Gasteiger partial charge in [-0.25, -0.2) is 19.7 Å². The summed E-state index contributed by atoms with van der Waals surface area (Å²) in [5, 5.41) is -0.342. The van der Waals surface area contributed by atoms with Crippen LogP contribution >= 0.6 is 0 Å². The van der Waals surface area contributed by atoms with Gasteiger partial charge in [-0.3, -0.25) is 4.79 Å². The van der Waals surface area contributed by atoms with Gasteiger partial charge < -0.3 is 15.4 Å². The molecule has 0 spiro atoms. The van der Waals surface area contributed by atoms with E-state index in [0.717, 1.165) is 12.0 Å². The molecule has 5 rings (SSSR count). The number of hydrogen-bond acceptors (Lipinski definition) is 9. The number of aromatic nitrogens is 3. The van der Waals surface area contributed by atoms with Gasteiger partial charge in [-0.15, -0.1) is 0 Å². The second kappa shape index (κ2) is 11.5. The van der Waals surface area contributed by atoms with E-state index in [-0.39, 0.29) is 34.5 Å². The molecule has 1 unspecified atom stereocenters. The number of nitrogens with two attached hydrogens (primary N) is 1. The second-order valence-electron chi connectivity index (χ2n) is 10.3. The number of carbonyl (C=O) groups is 1. The average Bonchev–Trinajstić information content (AvgIpc) is 3.34. The fraction of sp³-hybridized carbons (Fsp3) is 0.267. The van der Waals surface area contributed by atoms with Crippen LogP contribution in [0.3, 0.4) is 0 Å². The van der Waals surface area contributed by atoms with Crippen molar-refractivity contribution in [2.24, 2.45) is 0 Å². The number of benzene rings is 1. The van der Waals surface area contributed by atoms with Crippen molar-refractivity contribution in [1.29, 1.82) is 0 Å². The Bertz CT molecular complexity index is 1650. The summed E-state index contributed by atoms with van der Waals surface area (Å²) in [6.07, 6.45) is 2.51. The first kappa shape index (κ1) is 28.0. The monoisotopic (exact) mass is 572 g/mol. The lowest BCUT2D eigenvalue weighted by Gasteiger charge is -2.25. The van der Waals surface area contributed by atoms with Crippen molar-refractivity contribution in [2.75, 3.05) is 17.2 Å². The number of sulfonamides is 1. The topological polar surface area (TPSA) is 140 Å². The van der Waals surface area contributed by atoms with E-state index in [9.17, 15) is 13.2 Å². The third kappa shape index (κ3) is 6.30. The number of nitrogen functional groups attached to an aromatic ring is 1. The van der Waals surface area contributed by atoms with Crippen LogP contribution in [0.4, 0.5) is 11.6 Å². The molecule has 1 saturated heterocycles. The summed E-state index contributed by atoms with van der Waals surface area (Å²) in [7, 11) is -4.28. The molecule has 10 nitrogen and oxygen atoms in total. The first-order valence-corrected chi connectivity index (χ1v) is 14.8. The van der Waals surface area contributed by atoms with Crippen molar-refractivity contribution < 1.29 is 17.9 Å². The highest BCUT2D eigenvalue weighted by Gasteiger charge is 2.34. The minimum atomic E-state index is -4.28. The molecule has 0 bridgehead atoms.